The molecule has 0 atom stereocenters. The highest BCUT2D eigenvalue weighted by atomic mass is 35.5. The third-order valence-electron chi connectivity index (χ3n) is 2.89. The Morgan fingerprint density at radius 1 is 1.14 bits per heavy atom. The lowest BCUT2D eigenvalue weighted by Gasteiger charge is -2.20. The van der Waals surface area contributed by atoms with Crippen molar-refractivity contribution in [2.75, 3.05) is 13.1 Å². The van der Waals surface area contributed by atoms with Crippen molar-refractivity contribution in [1.29, 1.82) is 0 Å². The number of thiazole rings is 1. The van der Waals surface area contributed by atoms with E-state index in [9.17, 15) is 13.2 Å². The average Bonchev–Trinajstić information content (AvgIpc) is 2.89. The number of halogens is 4. The molecule has 0 fully saturated rings. The molecule has 0 radical (unpaired) electrons. The minimum Gasteiger partial charge on any atom is -0.329 e. The summed E-state index contributed by atoms with van der Waals surface area (Å²) in [5.74, 6) is 0. The van der Waals surface area contributed by atoms with E-state index in [1.807, 2.05) is 35.2 Å². The minimum absolute atomic E-state index is 0. The van der Waals surface area contributed by atoms with Gasteiger partial charge in [-0.05, 0) is 5.56 Å². The Bertz CT molecular complexity index is 560. The van der Waals surface area contributed by atoms with Gasteiger partial charge in [-0.25, -0.2) is 4.98 Å². The van der Waals surface area contributed by atoms with E-state index in [1.165, 1.54) is 0 Å². The van der Waals surface area contributed by atoms with Gasteiger partial charge in [-0.2, -0.15) is 13.2 Å². The van der Waals surface area contributed by atoms with Gasteiger partial charge in [-0.1, -0.05) is 30.3 Å². The molecule has 2 N–H and O–H groups in total. The first-order valence-corrected chi connectivity index (χ1v) is 7.29. The van der Waals surface area contributed by atoms with Gasteiger partial charge in [-0.15, -0.1) is 23.7 Å². The maximum absolute atomic E-state index is 12.6. The van der Waals surface area contributed by atoms with Gasteiger partial charge in [0.2, 0.25) is 0 Å². The van der Waals surface area contributed by atoms with Gasteiger partial charge >= 0.3 is 6.18 Å². The summed E-state index contributed by atoms with van der Waals surface area (Å²) in [5.41, 5.74) is 6.67. The molecule has 2 rings (SSSR count). The SMILES string of the molecule is Cl.NCCN(Cc1ccccc1)Cc1ncc(C(F)(F)F)s1. The molecule has 1 heterocycles. The Morgan fingerprint density at radius 2 is 1.82 bits per heavy atom. The summed E-state index contributed by atoms with van der Waals surface area (Å²) in [7, 11) is 0. The fraction of sp³-hybridized carbons (Fsp3) is 0.357. The second kappa shape index (κ2) is 8.47. The molecule has 0 saturated heterocycles. The van der Waals surface area contributed by atoms with Gasteiger partial charge in [0.15, 0.2) is 0 Å². The number of aromatic nitrogens is 1. The molecule has 1 aromatic heterocycles. The zero-order valence-corrected chi connectivity index (χ0v) is 13.3. The van der Waals surface area contributed by atoms with Crippen molar-refractivity contribution in [3.8, 4) is 0 Å². The Labute approximate surface area is 137 Å². The number of nitrogens with two attached hydrogens (primary N) is 1. The number of rotatable bonds is 6. The van der Waals surface area contributed by atoms with Crippen LogP contribution in [0.4, 0.5) is 13.2 Å². The topological polar surface area (TPSA) is 42.1 Å². The van der Waals surface area contributed by atoms with Crippen LogP contribution in [0.1, 0.15) is 15.4 Å². The van der Waals surface area contributed by atoms with Crippen molar-refractivity contribution in [2.45, 2.75) is 19.3 Å². The molecule has 0 saturated carbocycles. The smallest absolute Gasteiger partial charge is 0.329 e. The van der Waals surface area contributed by atoms with E-state index in [0.29, 0.717) is 42.5 Å². The molecule has 3 nitrogen and oxygen atoms in total. The van der Waals surface area contributed by atoms with Crippen LogP contribution in [0.5, 0.6) is 0 Å². The zero-order chi connectivity index (χ0) is 15.3. The summed E-state index contributed by atoms with van der Waals surface area (Å²) in [5, 5.41) is 0.451. The highest BCUT2D eigenvalue weighted by Crippen LogP contribution is 2.33. The molecule has 22 heavy (non-hydrogen) atoms. The summed E-state index contributed by atoms with van der Waals surface area (Å²) in [6.07, 6.45) is -3.43. The van der Waals surface area contributed by atoms with Crippen molar-refractivity contribution in [3.05, 3.63) is 52.0 Å². The van der Waals surface area contributed by atoms with Crippen molar-refractivity contribution in [3.63, 3.8) is 0 Å². The second-order valence-corrected chi connectivity index (χ2v) is 5.72. The summed E-state index contributed by atoms with van der Waals surface area (Å²) >= 11 is 0.686. The van der Waals surface area contributed by atoms with Crippen LogP contribution in [0.15, 0.2) is 36.5 Å². The molecule has 0 spiro atoms. The lowest BCUT2D eigenvalue weighted by Crippen LogP contribution is -2.28. The first-order valence-electron chi connectivity index (χ1n) is 6.47. The first kappa shape index (κ1) is 18.9. The normalized spacial score (nSPS) is 11.5. The van der Waals surface area contributed by atoms with Crippen LogP contribution in [0.25, 0.3) is 0 Å². The molecule has 0 aliphatic rings. The monoisotopic (exact) mass is 351 g/mol. The van der Waals surface area contributed by atoms with Crippen LogP contribution >= 0.6 is 23.7 Å². The largest absolute Gasteiger partial charge is 0.427 e. The highest BCUT2D eigenvalue weighted by Gasteiger charge is 2.33. The Kier molecular flexibility index (Phi) is 7.28. The summed E-state index contributed by atoms with van der Waals surface area (Å²) in [6, 6.07) is 9.74. The van der Waals surface area contributed by atoms with Crippen molar-refractivity contribution >= 4 is 23.7 Å². The quantitative estimate of drug-likeness (QED) is 0.865. The molecular weight excluding hydrogens is 335 g/mol. The zero-order valence-electron chi connectivity index (χ0n) is 11.7. The van der Waals surface area contributed by atoms with E-state index in [1.54, 1.807) is 0 Å². The van der Waals surface area contributed by atoms with Crippen LogP contribution in [0.3, 0.4) is 0 Å². The van der Waals surface area contributed by atoms with Crippen molar-refractivity contribution in [1.82, 2.24) is 9.88 Å². The number of hydrogen-bond acceptors (Lipinski definition) is 4. The lowest BCUT2D eigenvalue weighted by molar-refractivity contribution is -0.134. The van der Waals surface area contributed by atoms with E-state index in [0.717, 1.165) is 11.8 Å². The fourth-order valence-electron chi connectivity index (χ4n) is 1.94. The summed E-state index contributed by atoms with van der Waals surface area (Å²) in [6.45, 7) is 2.06. The number of nitrogens with zero attached hydrogens (tertiary/aromatic N) is 2. The predicted molar refractivity (Wildman–Crippen MR) is 84.0 cm³/mol. The number of alkyl halides is 3. The first-order chi connectivity index (χ1) is 9.99. The number of benzene rings is 1. The van der Waals surface area contributed by atoms with Crippen LogP contribution in [-0.2, 0) is 19.3 Å². The van der Waals surface area contributed by atoms with Crippen molar-refractivity contribution in [2.24, 2.45) is 5.73 Å². The van der Waals surface area contributed by atoms with Gasteiger partial charge in [0, 0.05) is 19.6 Å². The van der Waals surface area contributed by atoms with Crippen LogP contribution in [-0.4, -0.2) is 23.0 Å². The summed E-state index contributed by atoms with van der Waals surface area (Å²) in [4.78, 5) is 5.19. The maximum Gasteiger partial charge on any atom is 0.427 e. The molecular formula is C14H17ClF3N3S. The fourth-order valence-corrected chi connectivity index (χ4v) is 2.77. The lowest BCUT2D eigenvalue weighted by atomic mass is 10.2. The van der Waals surface area contributed by atoms with E-state index >= 15 is 0 Å². The third-order valence-corrected chi connectivity index (χ3v) is 3.91. The molecule has 1 aromatic carbocycles. The van der Waals surface area contributed by atoms with Crippen LogP contribution < -0.4 is 5.73 Å². The van der Waals surface area contributed by atoms with Gasteiger partial charge in [-0.3, -0.25) is 4.90 Å². The van der Waals surface area contributed by atoms with Gasteiger partial charge in [0.05, 0.1) is 12.7 Å². The predicted octanol–water partition coefficient (Wildman–Crippen LogP) is 3.54. The molecule has 0 amide bonds. The molecule has 2 aromatic rings. The van der Waals surface area contributed by atoms with Gasteiger partial charge in [0.25, 0.3) is 0 Å². The second-order valence-electron chi connectivity index (χ2n) is 4.60. The Balaban J connectivity index is 0.00000242. The Morgan fingerprint density at radius 3 is 2.36 bits per heavy atom. The van der Waals surface area contributed by atoms with E-state index < -0.39 is 11.1 Å². The summed E-state index contributed by atoms with van der Waals surface area (Å²) < 4.78 is 37.7. The average molecular weight is 352 g/mol. The van der Waals surface area contributed by atoms with Crippen molar-refractivity contribution < 1.29 is 13.2 Å². The highest BCUT2D eigenvalue weighted by molar-refractivity contribution is 7.11. The van der Waals surface area contributed by atoms with Gasteiger partial charge < -0.3 is 5.73 Å². The van der Waals surface area contributed by atoms with Crippen LogP contribution in [0, 0.1) is 0 Å². The molecule has 0 aliphatic carbocycles. The molecule has 122 valence electrons. The maximum atomic E-state index is 12.6. The van der Waals surface area contributed by atoms with E-state index in [4.69, 9.17) is 5.73 Å². The van der Waals surface area contributed by atoms with Gasteiger partial charge in [0.1, 0.15) is 9.88 Å². The van der Waals surface area contributed by atoms with E-state index in [2.05, 4.69) is 4.98 Å². The standard InChI is InChI=1S/C14H16F3N3S.ClH/c15-14(16,17)12-8-19-13(21-12)10-20(7-6-18)9-11-4-2-1-3-5-11;/h1-5,8H,6-7,9-10,18H2;1H. The molecule has 0 unspecified atom stereocenters. The third kappa shape index (κ3) is 5.57. The van der Waals surface area contributed by atoms with E-state index in [-0.39, 0.29) is 12.4 Å². The molecule has 0 aliphatic heterocycles. The van der Waals surface area contributed by atoms with Crippen LogP contribution in [0.2, 0.25) is 0 Å². The Hall–Kier alpha value is -1.15. The molecule has 8 heteroatoms. The minimum atomic E-state index is -4.33. The molecule has 0 bridgehead atoms. The number of hydrogen-bond donors (Lipinski definition) is 1.